The molecule has 0 spiro atoms. The first-order chi connectivity index (χ1) is 10.1. The maximum atomic E-state index is 12.5. The Kier molecular flexibility index (Phi) is 3.23. The maximum Gasteiger partial charge on any atom is 0.262 e. The largest absolute Gasteiger partial charge is 0.399 e. The van der Waals surface area contributed by atoms with Gasteiger partial charge in [-0.25, -0.2) is 8.42 Å². The average Bonchev–Trinajstić information content (AvgIpc) is 2.49. The summed E-state index contributed by atoms with van der Waals surface area (Å²) in [5.74, 6) is 0. The first-order valence-electron chi connectivity index (χ1n) is 6.28. The summed E-state index contributed by atoms with van der Waals surface area (Å²) in [4.78, 5) is 4.36. The van der Waals surface area contributed by atoms with Crippen LogP contribution in [-0.2, 0) is 10.0 Å². The van der Waals surface area contributed by atoms with Crippen molar-refractivity contribution in [1.29, 1.82) is 0 Å². The van der Waals surface area contributed by atoms with Gasteiger partial charge < -0.3 is 5.73 Å². The van der Waals surface area contributed by atoms with Crippen LogP contribution in [0.4, 0.5) is 11.4 Å². The van der Waals surface area contributed by atoms with Gasteiger partial charge in [0.05, 0.1) is 10.4 Å². The second-order valence-corrected chi connectivity index (χ2v) is 6.20. The molecule has 0 aliphatic rings. The summed E-state index contributed by atoms with van der Waals surface area (Å²) in [5, 5.41) is 0.586. The minimum absolute atomic E-state index is 0.199. The standard InChI is InChI=1S/C15H13N3O2S/c16-11-6-8-12(9-7-11)18-21(19,20)15-5-1-4-14-13(15)3-2-10-17-14/h1-10,18H,16H2. The van der Waals surface area contributed by atoms with E-state index in [1.54, 1.807) is 60.8 Å². The number of nitrogen functional groups attached to an aromatic ring is 1. The Morgan fingerprint density at radius 2 is 1.71 bits per heavy atom. The number of benzene rings is 2. The Morgan fingerprint density at radius 3 is 2.48 bits per heavy atom. The number of rotatable bonds is 3. The van der Waals surface area contributed by atoms with Crippen molar-refractivity contribution >= 4 is 32.3 Å². The molecule has 106 valence electrons. The molecule has 2 aromatic carbocycles. The van der Waals surface area contributed by atoms with Gasteiger partial charge in [-0.2, -0.15) is 0 Å². The smallest absolute Gasteiger partial charge is 0.262 e. The van der Waals surface area contributed by atoms with E-state index >= 15 is 0 Å². The highest BCUT2D eigenvalue weighted by Crippen LogP contribution is 2.23. The van der Waals surface area contributed by atoms with Gasteiger partial charge in [0.1, 0.15) is 0 Å². The molecule has 1 aromatic heterocycles. The second-order valence-electron chi connectivity index (χ2n) is 4.55. The van der Waals surface area contributed by atoms with Crippen LogP contribution >= 0.6 is 0 Å². The highest BCUT2D eigenvalue weighted by Gasteiger charge is 2.17. The fourth-order valence-corrected chi connectivity index (χ4v) is 3.35. The molecular weight excluding hydrogens is 286 g/mol. The Labute approximate surface area is 122 Å². The SMILES string of the molecule is Nc1ccc(NS(=O)(=O)c2cccc3ncccc23)cc1. The fraction of sp³-hybridized carbons (Fsp3) is 0. The summed E-state index contributed by atoms with van der Waals surface area (Å²) in [7, 11) is -3.68. The Balaban J connectivity index is 2.06. The summed E-state index contributed by atoms with van der Waals surface area (Å²) in [6, 6.07) is 15.0. The molecule has 3 aromatic rings. The summed E-state index contributed by atoms with van der Waals surface area (Å²) < 4.78 is 27.6. The first kappa shape index (κ1) is 13.4. The van der Waals surface area contributed by atoms with Gasteiger partial charge in [0, 0.05) is 23.0 Å². The van der Waals surface area contributed by atoms with Crippen molar-refractivity contribution in [3.8, 4) is 0 Å². The minimum atomic E-state index is -3.68. The molecule has 0 amide bonds. The Hall–Kier alpha value is -2.60. The molecule has 3 rings (SSSR count). The maximum absolute atomic E-state index is 12.5. The average molecular weight is 299 g/mol. The summed E-state index contributed by atoms with van der Waals surface area (Å²) in [6.07, 6.45) is 1.63. The fourth-order valence-electron chi connectivity index (χ4n) is 2.07. The summed E-state index contributed by atoms with van der Waals surface area (Å²) in [6.45, 7) is 0. The normalized spacial score (nSPS) is 11.4. The van der Waals surface area contributed by atoms with Crippen LogP contribution in [-0.4, -0.2) is 13.4 Å². The summed E-state index contributed by atoms with van der Waals surface area (Å²) in [5.41, 5.74) is 7.27. The van der Waals surface area contributed by atoms with Gasteiger partial charge in [0.15, 0.2) is 0 Å². The van der Waals surface area contributed by atoms with E-state index in [0.29, 0.717) is 22.3 Å². The van der Waals surface area contributed by atoms with E-state index < -0.39 is 10.0 Å². The van der Waals surface area contributed by atoms with Gasteiger partial charge in [0.25, 0.3) is 10.0 Å². The van der Waals surface area contributed by atoms with E-state index in [4.69, 9.17) is 5.73 Å². The number of hydrogen-bond donors (Lipinski definition) is 2. The zero-order chi connectivity index (χ0) is 14.9. The molecule has 0 saturated carbocycles. The third-order valence-corrected chi connectivity index (χ3v) is 4.50. The predicted molar refractivity (Wildman–Crippen MR) is 83.4 cm³/mol. The highest BCUT2D eigenvalue weighted by atomic mass is 32.2. The Morgan fingerprint density at radius 1 is 0.952 bits per heavy atom. The zero-order valence-corrected chi connectivity index (χ0v) is 11.8. The van der Waals surface area contributed by atoms with E-state index in [9.17, 15) is 8.42 Å². The van der Waals surface area contributed by atoms with Crippen LogP contribution in [0.2, 0.25) is 0 Å². The van der Waals surface area contributed by atoms with Crippen LogP contribution < -0.4 is 10.5 Å². The molecule has 0 aliphatic carbocycles. The molecular formula is C15H13N3O2S. The molecule has 0 atom stereocenters. The topological polar surface area (TPSA) is 85.1 Å². The van der Waals surface area contributed by atoms with Crippen molar-refractivity contribution in [3.63, 3.8) is 0 Å². The number of nitrogens with zero attached hydrogens (tertiary/aromatic N) is 1. The lowest BCUT2D eigenvalue weighted by atomic mass is 10.2. The molecule has 5 nitrogen and oxygen atoms in total. The van der Waals surface area contributed by atoms with Crippen molar-refractivity contribution in [1.82, 2.24) is 4.98 Å². The number of pyridine rings is 1. The number of anilines is 2. The van der Waals surface area contributed by atoms with Crippen LogP contribution in [0.1, 0.15) is 0 Å². The molecule has 0 aliphatic heterocycles. The van der Waals surface area contributed by atoms with E-state index in [0.717, 1.165) is 0 Å². The van der Waals surface area contributed by atoms with Crippen LogP contribution in [0.15, 0.2) is 65.7 Å². The minimum Gasteiger partial charge on any atom is -0.399 e. The van der Waals surface area contributed by atoms with E-state index in [1.165, 1.54) is 0 Å². The highest BCUT2D eigenvalue weighted by molar-refractivity contribution is 7.93. The molecule has 0 unspecified atom stereocenters. The van der Waals surface area contributed by atoms with Crippen molar-refractivity contribution in [2.45, 2.75) is 4.90 Å². The van der Waals surface area contributed by atoms with Crippen molar-refractivity contribution < 1.29 is 8.42 Å². The number of aromatic nitrogens is 1. The quantitative estimate of drug-likeness (QED) is 0.728. The van der Waals surface area contributed by atoms with Gasteiger partial charge in [-0.3, -0.25) is 9.71 Å². The molecule has 6 heteroatoms. The molecule has 0 radical (unpaired) electrons. The predicted octanol–water partition coefficient (Wildman–Crippen LogP) is 2.62. The van der Waals surface area contributed by atoms with Crippen LogP contribution in [0.25, 0.3) is 10.9 Å². The van der Waals surface area contributed by atoms with E-state index in [1.807, 2.05) is 0 Å². The second kappa shape index (κ2) is 5.06. The van der Waals surface area contributed by atoms with Crippen LogP contribution in [0, 0.1) is 0 Å². The van der Waals surface area contributed by atoms with Crippen LogP contribution in [0.3, 0.4) is 0 Å². The Bertz CT molecular complexity index is 885. The van der Waals surface area contributed by atoms with Gasteiger partial charge in [-0.15, -0.1) is 0 Å². The van der Waals surface area contributed by atoms with Gasteiger partial charge >= 0.3 is 0 Å². The molecule has 3 N–H and O–H groups in total. The van der Waals surface area contributed by atoms with E-state index in [-0.39, 0.29) is 4.90 Å². The van der Waals surface area contributed by atoms with Crippen molar-refractivity contribution in [3.05, 3.63) is 60.8 Å². The van der Waals surface area contributed by atoms with Gasteiger partial charge in [-0.05, 0) is 48.5 Å². The molecule has 1 heterocycles. The first-order valence-corrected chi connectivity index (χ1v) is 7.77. The van der Waals surface area contributed by atoms with Gasteiger partial charge in [-0.1, -0.05) is 6.07 Å². The zero-order valence-electron chi connectivity index (χ0n) is 11.0. The van der Waals surface area contributed by atoms with Crippen molar-refractivity contribution in [2.75, 3.05) is 10.5 Å². The number of nitrogens with one attached hydrogen (secondary N) is 1. The molecule has 0 saturated heterocycles. The molecule has 0 bridgehead atoms. The lowest BCUT2D eigenvalue weighted by Crippen LogP contribution is -2.13. The van der Waals surface area contributed by atoms with Crippen molar-refractivity contribution in [2.24, 2.45) is 0 Å². The third kappa shape index (κ3) is 2.66. The lowest BCUT2D eigenvalue weighted by Gasteiger charge is -2.10. The number of fused-ring (bicyclic) bond motifs is 1. The summed E-state index contributed by atoms with van der Waals surface area (Å²) >= 11 is 0. The number of sulfonamides is 1. The van der Waals surface area contributed by atoms with E-state index in [2.05, 4.69) is 9.71 Å². The number of nitrogens with two attached hydrogens (primary N) is 1. The van der Waals surface area contributed by atoms with Crippen LogP contribution in [0.5, 0.6) is 0 Å². The molecule has 21 heavy (non-hydrogen) atoms. The number of hydrogen-bond acceptors (Lipinski definition) is 4. The monoisotopic (exact) mass is 299 g/mol. The third-order valence-electron chi connectivity index (χ3n) is 3.06. The van der Waals surface area contributed by atoms with Gasteiger partial charge in [0.2, 0.25) is 0 Å². The lowest BCUT2D eigenvalue weighted by molar-refractivity contribution is 0.602. The molecule has 0 fully saturated rings.